The minimum Gasteiger partial charge on any atom is -0.481 e. The number of aromatic nitrogens is 3. The second-order valence-corrected chi connectivity index (χ2v) is 11.1. The zero-order valence-electron chi connectivity index (χ0n) is 19.6. The Bertz CT molecular complexity index is 1240. The van der Waals surface area contributed by atoms with Gasteiger partial charge in [0.05, 0.1) is 12.1 Å². The van der Waals surface area contributed by atoms with Crippen molar-refractivity contribution in [3.63, 3.8) is 0 Å². The number of aryl methyl sites for hydroxylation is 2. The van der Waals surface area contributed by atoms with Gasteiger partial charge in [0.25, 0.3) is 0 Å². The van der Waals surface area contributed by atoms with Crippen molar-refractivity contribution in [1.29, 1.82) is 0 Å². The van der Waals surface area contributed by atoms with Gasteiger partial charge in [-0.2, -0.15) is 0 Å². The molecule has 1 N–H and O–H groups in total. The van der Waals surface area contributed by atoms with E-state index < -0.39 is 12.0 Å². The summed E-state index contributed by atoms with van der Waals surface area (Å²) in [7, 11) is 0. The van der Waals surface area contributed by atoms with E-state index in [9.17, 15) is 9.90 Å². The van der Waals surface area contributed by atoms with E-state index in [0.29, 0.717) is 16.8 Å². The second kappa shape index (κ2) is 9.62. The number of carboxylic acid groups (broad SMARTS) is 1. The van der Waals surface area contributed by atoms with Gasteiger partial charge in [0.2, 0.25) is 0 Å². The van der Waals surface area contributed by atoms with Crippen LogP contribution in [0.25, 0.3) is 5.00 Å². The van der Waals surface area contributed by atoms with Gasteiger partial charge < -0.3 is 5.11 Å². The van der Waals surface area contributed by atoms with Gasteiger partial charge in [0.1, 0.15) is 16.9 Å². The first kappa shape index (κ1) is 23.2. The molecule has 3 aromatic rings. The van der Waals surface area contributed by atoms with Gasteiger partial charge in [-0.3, -0.25) is 14.4 Å². The molecule has 5 rings (SSSR count). The van der Waals surface area contributed by atoms with Crippen LogP contribution in [0, 0.1) is 19.8 Å². The van der Waals surface area contributed by atoms with Crippen LogP contribution in [0.3, 0.4) is 0 Å². The minimum atomic E-state index is -0.906. The molecule has 8 heteroatoms. The molecule has 1 saturated carbocycles. The van der Waals surface area contributed by atoms with Crippen molar-refractivity contribution in [3.8, 4) is 5.00 Å². The van der Waals surface area contributed by atoms with Gasteiger partial charge in [0.15, 0.2) is 5.82 Å². The summed E-state index contributed by atoms with van der Waals surface area (Å²) in [6.45, 7) is 4.12. The Balaban J connectivity index is 1.72. The lowest BCUT2D eigenvalue weighted by molar-refractivity contribution is -0.137. The predicted molar refractivity (Wildman–Crippen MR) is 136 cm³/mol. The number of fused-ring (bicyclic) bond motifs is 3. The number of carboxylic acids is 1. The monoisotopic (exact) mass is 496 g/mol. The van der Waals surface area contributed by atoms with Crippen LogP contribution >= 0.6 is 22.9 Å². The number of thiophene rings is 1. The van der Waals surface area contributed by atoms with Crippen molar-refractivity contribution in [2.24, 2.45) is 10.9 Å². The van der Waals surface area contributed by atoms with Gasteiger partial charge in [-0.15, -0.1) is 21.5 Å². The summed E-state index contributed by atoms with van der Waals surface area (Å²) < 4.78 is 2.03. The summed E-state index contributed by atoms with van der Waals surface area (Å²) in [5.74, 6) is 1.09. The SMILES string of the molecule is Cc1sc2c(c1CC1CCCCCC1)C(c1ccc(Cl)cc1)=N[C@@H](CC(=O)O)c1nnc(C)n1-2. The molecule has 0 bridgehead atoms. The van der Waals surface area contributed by atoms with Crippen molar-refractivity contribution in [2.45, 2.75) is 71.3 Å². The Kier molecular flexibility index (Phi) is 6.58. The molecule has 3 heterocycles. The maximum Gasteiger partial charge on any atom is 0.306 e. The molecule has 0 radical (unpaired) electrons. The van der Waals surface area contributed by atoms with Crippen molar-refractivity contribution in [2.75, 3.05) is 0 Å². The number of aliphatic carboxylic acids is 1. The van der Waals surface area contributed by atoms with E-state index >= 15 is 0 Å². The zero-order valence-corrected chi connectivity index (χ0v) is 21.1. The lowest BCUT2D eigenvalue weighted by Gasteiger charge is -2.17. The van der Waals surface area contributed by atoms with Crippen molar-refractivity contribution in [3.05, 3.63) is 62.5 Å². The standard InChI is InChI=1S/C26H29ClN4O2S/c1-15-20(13-17-7-5-3-4-6-8-17)23-24(18-9-11-19(27)12-10-18)28-21(14-22(32)33)25-30-29-16(2)31(25)26(23)34-15/h9-12,17,21H,3-8,13-14H2,1-2H3,(H,32,33)/t21-/m0/s1. The molecule has 178 valence electrons. The summed E-state index contributed by atoms with van der Waals surface area (Å²) in [6, 6.07) is 7.07. The topological polar surface area (TPSA) is 80.4 Å². The maximum atomic E-state index is 11.8. The molecule has 0 unspecified atom stereocenters. The molecule has 6 nitrogen and oxygen atoms in total. The van der Waals surface area contributed by atoms with Crippen molar-refractivity contribution >= 4 is 34.6 Å². The minimum absolute atomic E-state index is 0.138. The lowest BCUT2D eigenvalue weighted by Crippen LogP contribution is -2.12. The van der Waals surface area contributed by atoms with E-state index in [-0.39, 0.29) is 6.42 Å². The Morgan fingerprint density at radius 2 is 1.82 bits per heavy atom. The molecule has 2 aliphatic rings. The van der Waals surface area contributed by atoms with E-state index in [0.717, 1.165) is 34.1 Å². The number of benzene rings is 1. The molecule has 1 atom stereocenters. The summed E-state index contributed by atoms with van der Waals surface area (Å²) >= 11 is 7.94. The number of hydrogen-bond acceptors (Lipinski definition) is 5. The lowest BCUT2D eigenvalue weighted by atomic mass is 9.88. The van der Waals surface area contributed by atoms with Crippen molar-refractivity contribution < 1.29 is 9.90 Å². The quantitative estimate of drug-likeness (QED) is 0.410. The number of hydrogen-bond donors (Lipinski definition) is 1. The largest absolute Gasteiger partial charge is 0.481 e. The summed E-state index contributed by atoms with van der Waals surface area (Å²) in [4.78, 5) is 18.1. The highest BCUT2D eigenvalue weighted by Gasteiger charge is 2.33. The number of carbonyl (C=O) groups is 1. The average molecular weight is 497 g/mol. The van der Waals surface area contributed by atoms with E-state index in [4.69, 9.17) is 16.6 Å². The van der Waals surface area contributed by atoms with Crippen molar-refractivity contribution in [1.82, 2.24) is 14.8 Å². The average Bonchev–Trinajstić information content (AvgIpc) is 3.14. The summed E-state index contributed by atoms with van der Waals surface area (Å²) in [5, 5.41) is 20.1. The van der Waals surface area contributed by atoms with Crippen LogP contribution in [0.15, 0.2) is 29.3 Å². The van der Waals surface area contributed by atoms with E-state index in [1.165, 1.54) is 49.0 Å². The molecule has 2 aromatic heterocycles. The van der Waals surface area contributed by atoms with Crippen LogP contribution in [-0.4, -0.2) is 31.6 Å². The van der Waals surface area contributed by atoms with Gasteiger partial charge in [0, 0.05) is 21.0 Å². The molecule has 1 aliphatic carbocycles. The first-order valence-electron chi connectivity index (χ1n) is 12.0. The highest BCUT2D eigenvalue weighted by molar-refractivity contribution is 7.15. The summed E-state index contributed by atoms with van der Waals surface area (Å²) in [6.07, 6.45) is 8.65. The Morgan fingerprint density at radius 3 is 2.50 bits per heavy atom. The molecule has 34 heavy (non-hydrogen) atoms. The zero-order chi connectivity index (χ0) is 23.8. The van der Waals surface area contributed by atoms with Crippen LogP contribution in [0.1, 0.15) is 84.2 Å². The molecule has 1 aromatic carbocycles. The molecule has 1 fully saturated rings. The van der Waals surface area contributed by atoms with Crippen LogP contribution in [0.5, 0.6) is 0 Å². The third-order valence-electron chi connectivity index (χ3n) is 7.02. The molecular formula is C26H29ClN4O2S. The number of halogens is 1. The molecular weight excluding hydrogens is 468 g/mol. The van der Waals surface area contributed by atoms with E-state index in [1.807, 2.05) is 35.8 Å². The second-order valence-electron chi connectivity index (χ2n) is 9.42. The van der Waals surface area contributed by atoms with Crippen LogP contribution in [0.4, 0.5) is 0 Å². The highest BCUT2D eigenvalue weighted by atomic mass is 35.5. The van der Waals surface area contributed by atoms with Crippen LogP contribution < -0.4 is 0 Å². The third-order valence-corrected chi connectivity index (χ3v) is 8.40. The number of nitrogens with zero attached hydrogens (tertiary/aromatic N) is 4. The molecule has 0 spiro atoms. The smallest absolute Gasteiger partial charge is 0.306 e. The first-order chi connectivity index (χ1) is 16.4. The first-order valence-corrected chi connectivity index (χ1v) is 13.2. The van der Waals surface area contributed by atoms with Gasteiger partial charge in [-0.05, 0) is 43.9 Å². The Morgan fingerprint density at radius 1 is 1.12 bits per heavy atom. The normalized spacial score (nSPS) is 18.6. The van der Waals surface area contributed by atoms with E-state index in [1.54, 1.807) is 11.3 Å². The summed E-state index contributed by atoms with van der Waals surface area (Å²) in [5.41, 5.74) is 4.20. The molecule has 0 saturated heterocycles. The third kappa shape index (κ3) is 4.43. The van der Waals surface area contributed by atoms with E-state index in [2.05, 4.69) is 17.1 Å². The van der Waals surface area contributed by atoms with Gasteiger partial charge in [-0.25, -0.2) is 0 Å². The number of aliphatic imine (C=N–C) groups is 1. The van der Waals surface area contributed by atoms with Crippen LogP contribution in [0.2, 0.25) is 5.02 Å². The fourth-order valence-electron chi connectivity index (χ4n) is 5.32. The molecule has 1 aliphatic heterocycles. The van der Waals surface area contributed by atoms with Gasteiger partial charge in [-0.1, -0.05) is 62.3 Å². The Hall–Kier alpha value is -2.51. The fraction of sp³-hybridized carbons (Fsp3) is 0.462. The Labute approximate surface area is 208 Å². The highest BCUT2D eigenvalue weighted by Crippen LogP contribution is 2.41. The van der Waals surface area contributed by atoms with Gasteiger partial charge >= 0.3 is 5.97 Å². The number of rotatable bonds is 5. The fourth-order valence-corrected chi connectivity index (χ4v) is 6.68. The van der Waals surface area contributed by atoms with Crippen LogP contribution in [-0.2, 0) is 11.2 Å². The molecule has 0 amide bonds. The maximum absolute atomic E-state index is 11.8. The predicted octanol–water partition coefficient (Wildman–Crippen LogP) is 6.48.